The number of likely N-dealkylation sites (N-methyl/N-ethyl adjacent to an activating group) is 1. The normalized spacial score (nSPS) is 18.5. The zero-order valence-corrected chi connectivity index (χ0v) is 12.6. The summed E-state index contributed by atoms with van der Waals surface area (Å²) in [6.45, 7) is 2.50. The molecule has 4 rings (SSSR count). The van der Waals surface area contributed by atoms with Crippen molar-refractivity contribution in [3.05, 3.63) is 42.1 Å². The van der Waals surface area contributed by atoms with E-state index in [4.69, 9.17) is 9.15 Å². The largest absolute Gasteiger partial charge is 0.454 e. The second-order valence-corrected chi connectivity index (χ2v) is 5.85. The summed E-state index contributed by atoms with van der Waals surface area (Å²) in [7, 11) is 2.13. The van der Waals surface area contributed by atoms with E-state index in [1.807, 2.05) is 24.4 Å². The SMILES string of the molecule is CN(Cc1cn[nH]c1-c1cc2ccccc2o1)C1CCOC1. The third kappa shape index (κ3) is 2.42. The second kappa shape index (κ2) is 5.59. The van der Waals surface area contributed by atoms with E-state index in [2.05, 4.69) is 34.3 Å². The van der Waals surface area contributed by atoms with Gasteiger partial charge in [0.25, 0.3) is 0 Å². The Labute approximate surface area is 128 Å². The lowest BCUT2D eigenvalue weighted by Gasteiger charge is -2.22. The van der Waals surface area contributed by atoms with Crippen LogP contribution >= 0.6 is 0 Å². The predicted molar refractivity (Wildman–Crippen MR) is 84.5 cm³/mol. The lowest BCUT2D eigenvalue weighted by molar-refractivity contribution is 0.156. The standard InChI is InChI=1S/C17H19N3O2/c1-20(14-6-7-21-11-14)10-13-9-18-19-17(13)16-8-12-4-2-3-5-15(12)22-16/h2-5,8-9,14H,6-7,10-11H2,1H3,(H,18,19). The molecule has 1 aromatic carbocycles. The van der Waals surface area contributed by atoms with Crippen molar-refractivity contribution in [1.82, 2.24) is 15.1 Å². The van der Waals surface area contributed by atoms with Gasteiger partial charge < -0.3 is 9.15 Å². The number of hydrogen-bond acceptors (Lipinski definition) is 4. The number of nitrogens with one attached hydrogen (secondary N) is 1. The van der Waals surface area contributed by atoms with Crippen LogP contribution in [0.2, 0.25) is 0 Å². The van der Waals surface area contributed by atoms with Gasteiger partial charge in [-0.05, 0) is 25.6 Å². The van der Waals surface area contributed by atoms with E-state index in [0.29, 0.717) is 6.04 Å². The molecule has 3 heterocycles. The fourth-order valence-corrected chi connectivity index (χ4v) is 3.02. The number of fused-ring (bicyclic) bond motifs is 1. The average molecular weight is 297 g/mol. The molecule has 5 nitrogen and oxygen atoms in total. The van der Waals surface area contributed by atoms with Gasteiger partial charge in [0, 0.05) is 30.1 Å². The summed E-state index contributed by atoms with van der Waals surface area (Å²) in [5.74, 6) is 0.838. The average Bonchev–Trinajstić information content (AvgIpc) is 3.26. The highest BCUT2D eigenvalue weighted by Gasteiger charge is 2.22. The van der Waals surface area contributed by atoms with Crippen LogP contribution in [-0.2, 0) is 11.3 Å². The molecule has 0 aliphatic carbocycles. The van der Waals surface area contributed by atoms with Gasteiger partial charge in [-0.25, -0.2) is 0 Å². The van der Waals surface area contributed by atoms with Crippen LogP contribution in [0.5, 0.6) is 0 Å². The van der Waals surface area contributed by atoms with Crippen LogP contribution in [0.3, 0.4) is 0 Å². The number of H-pyrrole nitrogens is 1. The Morgan fingerprint density at radius 3 is 3.09 bits per heavy atom. The van der Waals surface area contributed by atoms with Gasteiger partial charge in [0.15, 0.2) is 5.76 Å². The maximum Gasteiger partial charge on any atom is 0.153 e. The van der Waals surface area contributed by atoms with Crippen LogP contribution in [0.25, 0.3) is 22.4 Å². The molecule has 114 valence electrons. The van der Waals surface area contributed by atoms with Crippen LogP contribution < -0.4 is 0 Å². The third-order valence-corrected chi connectivity index (χ3v) is 4.34. The minimum absolute atomic E-state index is 0.485. The third-order valence-electron chi connectivity index (χ3n) is 4.34. The van der Waals surface area contributed by atoms with E-state index < -0.39 is 0 Å². The van der Waals surface area contributed by atoms with Gasteiger partial charge in [0.2, 0.25) is 0 Å². The molecule has 0 spiro atoms. The minimum Gasteiger partial charge on any atom is -0.454 e. The van der Waals surface area contributed by atoms with E-state index in [1.54, 1.807) is 0 Å². The first-order valence-electron chi connectivity index (χ1n) is 7.60. The van der Waals surface area contributed by atoms with Crippen LogP contribution in [0, 0.1) is 0 Å². The molecular weight excluding hydrogens is 278 g/mol. The maximum absolute atomic E-state index is 5.95. The minimum atomic E-state index is 0.485. The van der Waals surface area contributed by atoms with Crippen LogP contribution in [0.15, 0.2) is 40.9 Å². The van der Waals surface area contributed by atoms with Crippen molar-refractivity contribution in [3.8, 4) is 11.5 Å². The zero-order valence-electron chi connectivity index (χ0n) is 12.6. The lowest BCUT2D eigenvalue weighted by Crippen LogP contribution is -2.31. The highest BCUT2D eigenvalue weighted by atomic mass is 16.5. The van der Waals surface area contributed by atoms with Crippen molar-refractivity contribution in [3.63, 3.8) is 0 Å². The van der Waals surface area contributed by atoms with Gasteiger partial charge >= 0.3 is 0 Å². The molecule has 1 atom stereocenters. The first-order valence-corrected chi connectivity index (χ1v) is 7.60. The van der Waals surface area contributed by atoms with E-state index in [-0.39, 0.29) is 0 Å². The Balaban J connectivity index is 1.61. The highest BCUT2D eigenvalue weighted by Crippen LogP contribution is 2.29. The molecule has 2 aromatic heterocycles. The smallest absolute Gasteiger partial charge is 0.153 e. The van der Waals surface area contributed by atoms with Crippen molar-refractivity contribution in [1.29, 1.82) is 0 Å². The van der Waals surface area contributed by atoms with E-state index >= 15 is 0 Å². The molecule has 0 radical (unpaired) electrons. The Bertz CT molecular complexity index is 738. The molecule has 0 saturated carbocycles. The molecule has 0 bridgehead atoms. The molecule has 1 fully saturated rings. The summed E-state index contributed by atoms with van der Waals surface area (Å²) in [6, 6.07) is 10.6. The molecular formula is C17H19N3O2. The molecule has 0 amide bonds. The molecule has 1 unspecified atom stereocenters. The second-order valence-electron chi connectivity index (χ2n) is 5.85. The number of ether oxygens (including phenoxy) is 1. The molecule has 1 aliphatic heterocycles. The molecule has 5 heteroatoms. The van der Waals surface area contributed by atoms with E-state index in [0.717, 1.165) is 54.2 Å². The number of nitrogens with zero attached hydrogens (tertiary/aromatic N) is 2. The van der Waals surface area contributed by atoms with Gasteiger partial charge in [0.05, 0.1) is 12.8 Å². The summed E-state index contributed by atoms with van der Waals surface area (Å²) >= 11 is 0. The molecule has 1 aliphatic rings. The van der Waals surface area contributed by atoms with Gasteiger partial charge in [-0.3, -0.25) is 10.00 Å². The number of furan rings is 1. The van der Waals surface area contributed by atoms with Crippen molar-refractivity contribution >= 4 is 11.0 Å². The summed E-state index contributed by atoms with van der Waals surface area (Å²) in [6.07, 6.45) is 2.98. The summed E-state index contributed by atoms with van der Waals surface area (Å²) < 4.78 is 11.4. The van der Waals surface area contributed by atoms with Crippen molar-refractivity contribution in [2.75, 3.05) is 20.3 Å². The summed E-state index contributed by atoms with van der Waals surface area (Å²) in [5, 5.41) is 8.39. The van der Waals surface area contributed by atoms with Crippen LogP contribution in [0.1, 0.15) is 12.0 Å². The number of rotatable bonds is 4. The number of hydrogen-bond donors (Lipinski definition) is 1. The number of aromatic nitrogens is 2. The zero-order chi connectivity index (χ0) is 14.9. The monoisotopic (exact) mass is 297 g/mol. The summed E-state index contributed by atoms with van der Waals surface area (Å²) in [5.41, 5.74) is 3.01. The highest BCUT2D eigenvalue weighted by molar-refractivity contribution is 5.82. The topological polar surface area (TPSA) is 54.3 Å². The first kappa shape index (κ1) is 13.5. The fourth-order valence-electron chi connectivity index (χ4n) is 3.02. The van der Waals surface area contributed by atoms with E-state index in [9.17, 15) is 0 Å². The molecule has 22 heavy (non-hydrogen) atoms. The summed E-state index contributed by atoms with van der Waals surface area (Å²) in [4.78, 5) is 2.32. The number of aromatic amines is 1. The van der Waals surface area contributed by atoms with Crippen molar-refractivity contribution in [2.24, 2.45) is 0 Å². The first-order chi connectivity index (χ1) is 10.8. The Kier molecular flexibility index (Phi) is 3.44. The lowest BCUT2D eigenvalue weighted by atomic mass is 10.1. The van der Waals surface area contributed by atoms with Gasteiger partial charge in [-0.15, -0.1) is 0 Å². The Morgan fingerprint density at radius 2 is 2.27 bits per heavy atom. The van der Waals surface area contributed by atoms with E-state index in [1.165, 1.54) is 0 Å². The molecule has 1 saturated heterocycles. The van der Waals surface area contributed by atoms with Crippen LogP contribution in [-0.4, -0.2) is 41.4 Å². The number of benzene rings is 1. The number of para-hydroxylation sites is 1. The van der Waals surface area contributed by atoms with Crippen molar-refractivity contribution < 1.29 is 9.15 Å². The van der Waals surface area contributed by atoms with Crippen molar-refractivity contribution in [2.45, 2.75) is 19.0 Å². The Morgan fingerprint density at radius 1 is 1.36 bits per heavy atom. The molecule has 1 N–H and O–H groups in total. The predicted octanol–water partition coefficient (Wildman–Crippen LogP) is 3.04. The maximum atomic E-state index is 5.95. The van der Waals surface area contributed by atoms with Gasteiger partial charge in [-0.2, -0.15) is 5.10 Å². The van der Waals surface area contributed by atoms with Gasteiger partial charge in [-0.1, -0.05) is 18.2 Å². The Hall–Kier alpha value is -2.11. The van der Waals surface area contributed by atoms with Gasteiger partial charge in [0.1, 0.15) is 11.3 Å². The molecule has 3 aromatic rings. The fraction of sp³-hybridized carbons (Fsp3) is 0.353. The quantitative estimate of drug-likeness (QED) is 0.804. The van der Waals surface area contributed by atoms with Crippen LogP contribution in [0.4, 0.5) is 0 Å².